The van der Waals surface area contributed by atoms with Gasteiger partial charge in [0, 0.05) is 43.8 Å². The van der Waals surface area contributed by atoms with Crippen LogP contribution < -0.4 is 5.73 Å². The molecule has 144 valence electrons. The molecule has 26 heavy (non-hydrogen) atoms. The second kappa shape index (κ2) is 8.51. The molecule has 0 aliphatic carbocycles. The van der Waals surface area contributed by atoms with Crippen LogP contribution in [0.25, 0.3) is 0 Å². The molecular formula is C21H33N3O2. The van der Waals surface area contributed by atoms with Gasteiger partial charge in [-0.2, -0.15) is 0 Å². The van der Waals surface area contributed by atoms with E-state index in [9.17, 15) is 4.79 Å². The van der Waals surface area contributed by atoms with Crippen molar-refractivity contribution in [3.63, 3.8) is 0 Å². The molecule has 2 aliphatic rings. The number of hydrogen-bond acceptors (Lipinski definition) is 4. The number of carbonyl (C=O) groups is 1. The summed E-state index contributed by atoms with van der Waals surface area (Å²) >= 11 is 0. The van der Waals surface area contributed by atoms with Gasteiger partial charge in [0.25, 0.3) is 5.91 Å². The van der Waals surface area contributed by atoms with Gasteiger partial charge in [0.15, 0.2) is 0 Å². The zero-order chi connectivity index (χ0) is 18.7. The van der Waals surface area contributed by atoms with Gasteiger partial charge in [0.2, 0.25) is 0 Å². The van der Waals surface area contributed by atoms with Gasteiger partial charge in [-0.1, -0.05) is 12.1 Å². The van der Waals surface area contributed by atoms with Crippen LogP contribution in [0.3, 0.4) is 0 Å². The van der Waals surface area contributed by atoms with Crippen LogP contribution in [-0.4, -0.2) is 59.6 Å². The normalized spacial score (nSPS) is 28.8. The number of carbonyl (C=O) groups excluding carboxylic acids is 1. The molecular weight excluding hydrogens is 326 g/mol. The maximum absolute atomic E-state index is 12.9. The van der Waals surface area contributed by atoms with Crippen molar-refractivity contribution >= 4 is 5.91 Å². The van der Waals surface area contributed by atoms with Crippen molar-refractivity contribution in [1.29, 1.82) is 0 Å². The number of nitrogens with zero attached hydrogens (tertiary/aromatic N) is 2. The van der Waals surface area contributed by atoms with Crippen LogP contribution in [0.1, 0.15) is 56.0 Å². The van der Waals surface area contributed by atoms with Gasteiger partial charge in [-0.25, -0.2) is 0 Å². The van der Waals surface area contributed by atoms with Crippen LogP contribution in [-0.2, 0) is 11.3 Å². The Bertz CT molecular complexity index is 592. The molecule has 1 aromatic carbocycles. The number of piperidine rings is 1. The first-order valence-electron chi connectivity index (χ1n) is 9.97. The highest BCUT2D eigenvalue weighted by Gasteiger charge is 2.29. The third-order valence-electron chi connectivity index (χ3n) is 5.52. The first-order chi connectivity index (χ1) is 12.4. The van der Waals surface area contributed by atoms with E-state index in [1.165, 1.54) is 5.56 Å². The van der Waals surface area contributed by atoms with Gasteiger partial charge in [0.1, 0.15) is 0 Å². The second-order valence-corrected chi connectivity index (χ2v) is 8.07. The van der Waals surface area contributed by atoms with Gasteiger partial charge < -0.3 is 15.4 Å². The third-order valence-corrected chi connectivity index (χ3v) is 5.52. The average molecular weight is 360 g/mol. The Morgan fingerprint density at radius 1 is 1.19 bits per heavy atom. The maximum Gasteiger partial charge on any atom is 0.254 e. The van der Waals surface area contributed by atoms with Gasteiger partial charge >= 0.3 is 0 Å². The lowest BCUT2D eigenvalue weighted by Gasteiger charge is -2.38. The Hall–Kier alpha value is -1.43. The molecule has 1 aromatic rings. The van der Waals surface area contributed by atoms with E-state index in [1.807, 2.05) is 24.0 Å². The predicted molar refractivity (Wildman–Crippen MR) is 104 cm³/mol. The van der Waals surface area contributed by atoms with E-state index >= 15 is 0 Å². The fourth-order valence-corrected chi connectivity index (χ4v) is 4.35. The molecule has 2 heterocycles. The van der Waals surface area contributed by atoms with E-state index in [0.717, 1.165) is 51.0 Å². The lowest BCUT2D eigenvalue weighted by molar-refractivity contribution is -0.0704. The molecule has 5 heteroatoms. The summed E-state index contributed by atoms with van der Waals surface area (Å²) in [5.74, 6) is 0.118. The fourth-order valence-electron chi connectivity index (χ4n) is 4.35. The second-order valence-electron chi connectivity index (χ2n) is 8.07. The minimum Gasteiger partial charge on any atom is -0.373 e. The molecule has 2 aliphatic heterocycles. The summed E-state index contributed by atoms with van der Waals surface area (Å²) in [5.41, 5.74) is 8.12. The number of morpholine rings is 1. The monoisotopic (exact) mass is 359 g/mol. The molecule has 0 aromatic heterocycles. The summed E-state index contributed by atoms with van der Waals surface area (Å²) < 4.78 is 5.80. The summed E-state index contributed by atoms with van der Waals surface area (Å²) in [6.07, 6.45) is 3.78. The van der Waals surface area contributed by atoms with Crippen LogP contribution >= 0.6 is 0 Å². The van der Waals surface area contributed by atoms with E-state index in [1.54, 1.807) is 0 Å². The largest absolute Gasteiger partial charge is 0.373 e. The molecule has 2 N–H and O–H groups in total. The van der Waals surface area contributed by atoms with Gasteiger partial charge in [-0.05, 0) is 57.7 Å². The Balaban J connectivity index is 1.64. The van der Waals surface area contributed by atoms with Crippen molar-refractivity contribution < 1.29 is 9.53 Å². The summed E-state index contributed by atoms with van der Waals surface area (Å²) in [7, 11) is 0. The number of ether oxygens (including phenoxy) is 1. The number of likely N-dealkylation sites (tertiary alicyclic amines) is 1. The number of nitrogens with two attached hydrogens (primary N) is 1. The summed E-state index contributed by atoms with van der Waals surface area (Å²) in [4.78, 5) is 17.3. The van der Waals surface area contributed by atoms with E-state index < -0.39 is 0 Å². The number of amides is 1. The van der Waals surface area contributed by atoms with Crippen molar-refractivity contribution in [1.82, 2.24) is 9.80 Å². The third kappa shape index (κ3) is 4.64. The van der Waals surface area contributed by atoms with Gasteiger partial charge in [-0.3, -0.25) is 9.69 Å². The molecule has 0 saturated carbocycles. The van der Waals surface area contributed by atoms with Gasteiger partial charge in [0.05, 0.1) is 12.2 Å². The molecule has 4 atom stereocenters. The number of rotatable bonds is 4. The molecule has 1 amide bonds. The first kappa shape index (κ1) is 19.3. The first-order valence-corrected chi connectivity index (χ1v) is 9.97. The predicted octanol–water partition coefficient (Wildman–Crippen LogP) is 2.64. The highest BCUT2D eigenvalue weighted by atomic mass is 16.5. The minimum atomic E-state index is 0.0174. The lowest BCUT2D eigenvalue weighted by Crippen LogP contribution is -2.51. The smallest absolute Gasteiger partial charge is 0.254 e. The Morgan fingerprint density at radius 2 is 1.85 bits per heavy atom. The minimum absolute atomic E-state index is 0.0174. The van der Waals surface area contributed by atoms with E-state index in [2.05, 4.69) is 30.9 Å². The van der Waals surface area contributed by atoms with E-state index in [4.69, 9.17) is 10.5 Å². The van der Waals surface area contributed by atoms with Crippen LogP contribution in [0.4, 0.5) is 0 Å². The Kier molecular flexibility index (Phi) is 6.33. The summed E-state index contributed by atoms with van der Waals surface area (Å²) in [5, 5.41) is 0. The van der Waals surface area contributed by atoms with Crippen LogP contribution in [0.2, 0.25) is 0 Å². The standard InChI is InChI=1S/C21H33N3O2/c1-15-12-23(13-16(2)26-15)14-18-7-9-19(10-8-18)21(25)24-11-5-4-6-20(24)17(3)22/h7-10,15-17,20H,4-6,11-14,22H2,1-3H3/t15-,16-,17-,20-/m1/s1. The van der Waals surface area contributed by atoms with Crippen molar-refractivity contribution in [2.75, 3.05) is 19.6 Å². The SMILES string of the molecule is C[C@@H]1CN(Cc2ccc(C(=O)N3CCCC[C@@H]3[C@@H](C)N)cc2)C[C@@H](C)O1. The Labute approximate surface area is 157 Å². The molecule has 0 spiro atoms. The molecule has 5 nitrogen and oxygen atoms in total. The zero-order valence-electron chi connectivity index (χ0n) is 16.4. The van der Waals surface area contributed by atoms with Crippen LogP contribution in [0.15, 0.2) is 24.3 Å². The molecule has 2 fully saturated rings. The van der Waals surface area contributed by atoms with E-state index in [0.29, 0.717) is 0 Å². The van der Waals surface area contributed by atoms with Crippen molar-refractivity contribution in [3.8, 4) is 0 Å². The fraction of sp³-hybridized carbons (Fsp3) is 0.667. The topological polar surface area (TPSA) is 58.8 Å². The average Bonchev–Trinajstić information content (AvgIpc) is 2.61. The lowest BCUT2D eigenvalue weighted by atomic mass is 9.96. The van der Waals surface area contributed by atoms with Crippen molar-refractivity contribution in [2.45, 2.75) is 70.9 Å². The van der Waals surface area contributed by atoms with Crippen LogP contribution in [0, 0.1) is 0 Å². The summed E-state index contributed by atoms with van der Waals surface area (Å²) in [6, 6.07) is 8.29. The molecule has 0 radical (unpaired) electrons. The molecule has 2 saturated heterocycles. The zero-order valence-corrected chi connectivity index (χ0v) is 16.4. The highest BCUT2D eigenvalue weighted by molar-refractivity contribution is 5.94. The summed E-state index contributed by atoms with van der Waals surface area (Å²) in [6.45, 7) is 9.87. The maximum atomic E-state index is 12.9. The van der Waals surface area contributed by atoms with E-state index in [-0.39, 0.29) is 30.2 Å². The van der Waals surface area contributed by atoms with Gasteiger partial charge in [-0.15, -0.1) is 0 Å². The Morgan fingerprint density at radius 3 is 2.46 bits per heavy atom. The van der Waals surface area contributed by atoms with Crippen LogP contribution in [0.5, 0.6) is 0 Å². The number of hydrogen-bond donors (Lipinski definition) is 1. The molecule has 0 unspecified atom stereocenters. The highest BCUT2D eigenvalue weighted by Crippen LogP contribution is 2.22. The molecule has 3 rings (SSSR count). The molecule has 0 bridgehead atoms. The van der Waals surface area contributed by atoms with Crippen molar-refractivity contribution in [2.24, 2.45) is 5.73 Å². The quantitative estimate of drug-likeness (QED) is 0.898. The number of benzene rings is 1. The van der Waals surface area contributed by atoms with Crippen molar-refractivity contribution in [3.05, 3.63) is 35.4 Å².